The summed E-state index contributed by atoms with van der Waals surface area (Å²) >= 11 is 0. The lowest BCUT2D eigenvalue weighted by Crippen LogP contribution is -2.45. The van der Waals surface area contributed by atoms with Crippen LogP contribution in [0.2, 0.25) is 0 Å². The van der Waals surface area contributed by atoms with Gasteiger partial charge in [0.15, 0.2) is 12.6 Å². The number of hydrogen-bond donors (Lipinski definition) is 1. The van der Waals surface area contributed by atoms with Crippen molar-refractivity contribution in [3.05, 3.63) is 42.7 Å². The zero-order valence-electron chi connectivity index (χ0n) is 20.4. The van der Waals surface area contributed by atoms with Crippen molar-refractivity contribution >= 4 is 5.82 Å². The van der Waals surface area contributed by atoms with Crippen LogP contribution in [-0.2, 0) is 4.74 Å². The number of nitrogens with one attached hydrogen (secondary N) is 1. The van der Waals surface area contributed by atoms with E-state index in [1.54, 1.807) is 20.3 Å². The fourth-order valence-corrected chi connectivity index (χ4v) is 4.08. The average molecular weight is 465 g/mol. The Balaban J connectivity index is 1.56. The highest BCUT2D eigenvalue weighted by Gasteiger charge is 2.26. The fourth-order valence-electron chi connectivity index (χ4n) is 4.08. The monoisotopic (exact) mass is 464 g/mol. The molecule has 0 radical (unpaired) electrons. The molecule has 0 aliphatic carbocycles. The van der Waals surface area contributed by atoms with Crippen LogP contribution in [0.1, 0.15) is 27.2 Å². The molecule has 0 bridgehead atoms. The summed E-state index contributed by atoms with van der Waals surface area (Å²) in [5, 5.41) is 12.7. The highest BCUT2D eigenvalue weighted by Crippen LogP contribution is 2.34. The quantitative estimate of drug-likeness (QED) is 0.502. The smallest absolute Gasteiger partial charge is 0.216 e. The van der Waals surface area contributed by atoms with E-state index in [1.165, 1.54) is 6.33 Å². The molecule has 34 heavy (non-hydrogen) atoms. The molecule has 4 rings (SSSR count). The van der Waals surface area contributed by atoms with Crippen molar-refractivity contribution in [2.45, 2.75) is 38.8 Å². The molecular weight excluding hydrogens is 432 g/mol. The van der Waals surface area contributed by atoms with Crippen LogP contribution in [0.4, 0.5) is 5.82 Å². The Morgan fingerprint density at radius 2 is 1.88 bits per heavy atom. The molecule has 1 atom stereocenters. The Kier molecular flexibility index (Phi) is 7.23. The normalized spacial score (nSPS) is 16.0. The van der Waals surface area contributed by atoms with E-state index in [1.807, 2.05) is 30.3 Å². The molecule has 1 aliphatic heterocycles. The van der Waals surface area contributed by atoms with E-state index >= 15 is 0 Å². The lowest BCUT2D eigenvalue weighted by Gasteiger charge is -2.26. The van der Waals surface area contributed by atoms with Crippen molar-refractivity contribution in [2.75, 3.05) is 39.0 Å². The number of benzene rings is 1. The van der Waals surface area contributed by atoms with Gasteiger partial charge in [0.1, 0.15) is 12.1 Å². The highest BCUT2D eigenvalue weighted by atomic mass is 16.7. The third-order valence-electron chi connectivity index (χ3n) is 5.54. The summed E-state index contributed by atoms with van der Waals surface area (Å²) in [5.41, 5.74) is 3.25. The van der Waals surface area contributed by atoms with Crippen molar-refractivity contribution in [2.24, 2.45) is 0 Å². The van der Waals surface area contributed by atoms with Gasteiger partial charge in [0.25, 0.3) is 0 Å². The summed E-state index contributed by atoms with van der Waals surface area (Å²) in [5.74, 6) is 2.01. The van der Waals surface area contributed by atoms with Crippen molar-refractivity contribution in [1.29, 1.82) is 0 Å². The summed E-state index contributed by atoms with van der Waals surface area (Å²) in [4.78, 5) is 10.7. The Morgan fingerprint density at radius 1 is 1.03 bits per heavy atom. The third-order valence-corrected chi connectivity index (χ3v) is 5.54. The highest BCUT2D eigenvalue weighted by molar-refractivity contribution is 5.73. The largest absolute Gasteiger partial charge is 0.481 e. The average Bonchev–Trinajstić information content (AvgIpc) is 3.29. The van der Waals surface area contributed by atoms with Gasteiger partial charge >= 0.3 is 0 Å². The molecule has 0 saturated carbocycles. The number of anilines is 1. The van der Waals surface area contributed by atoms with E-state index in [9.17, 15) is 0 Å². The maximum Gasteiger partial charge on any atom is 0.216 e. The van der Waals surface area contributed by atoms with Crippen molar-refractivity contribution < 1.29 is 14.2 Å². The van der Waals surface area contributed by atoms with Crippen LogP contribution < -0.4 is 19.7 Å². The van der Waals surface area contributed by atoms with Crippen LogP contribution in [0.5, 0.6) is 11.6 Å². The van der Waals surface area contributed by atoms with Gasteiger partial charge in [-0.25, -0.2) is 9.97 Å². The second kappa shape index (κ2) is 10.3. The van der Waals surface area contributed by atoms with Crippen molar-refractivity contribution in [3.8, 4) is 34.1 Å². The van der Waals surface area contributed by atoms with Gasteiger partial charge in [-0.1, -0.05) is 6.07 Å². The second-order valence-electron chi connectivity index (χ2n) is 9.31. The maximum absolute atomic E-state index is 5.87. The van der Waals surface area contributed by atoms with Gasteiger partial charge in [0, 0.05) is 49.0 Å². The van der Waals surface area contributed by atoms with Gasteiger partial charge < -0.3 is 24.4 Å². The summed E-state index contributed by atoms with van der Waals surface area (Å²) in [7, 11) is 3.17. The fraction of sp³-hybridized carbons (Fsp3) is 0.440. The molecule has 180 valence electrons. The molecule has 3 heterocycles. The van der Waals surface area contributed by atoms with E-state index in [0.29, 0.717) is 17.7 Å². The Hall–Kier alpha value is -3.30. The predicted molar refractivity (Wildman–Crippen MR) is 131 cm³/mol. The summed E-state index contributed by atoms with van der Waals surface area (Å²) in [6.45, 7) is 8.58. The number of methoxy groups -OCH3 is 2. The predicted octanol–water partition coefficient (Wildman–Crippen LogP) is 3.56. The van der Waals surface area contributed by atoms with Crippen LogP contribution >= 0.6 is 0 Å². The van der Waals surface area contributed by atoms with E-state index < -0.39 is 0 Å². The molecule has 3 aromatic rings. The number of hydrogen-bond acceptors (Lipinski definition) is 9. The first kappa shape index (κ1) is 23.8. The third kappa shape index (κ3) is 5.78. The van der Waals surface area contributed by atoms with Gasteiger partial charge in [-0.2, -0.15) is 0 Å². The van der Waals surface area contributed by atoms with E-state index in [2.05, 4.69) is 51.2 Å². The SMILES string of the molecule is COCOc1cc(-c2cc(OC)ncn2)ccc1-c1ccc(N2CC[C@@H](NC(C)(C)C)C2)nn1. The van der Waals surface area contributed by atoms with Crippen molar-refractivity contribution in [3.63, 3.8) is 0 Å². The summed E-state index contributed by atoms with van der Waals surface area (Å²) in [6, 6.07) is 12.1. The minimum Gasteiger partial charge on any atom is -0.481 e. The molecule has 9 nitrogen and oxygen atoms in total. The first-order valence-corrected chi connectivity index (χ1v) is 11.4. The van der Waals surface area contributed by atoms with Gasteiger partial charge in [-0.05, 0) is 51.5 Å². The zero-order chi connectivity index (χ0) is 24.1. The molecule has 9 heteroatoms. The molecule has 1 aliphatic rings. The lowest BCUT2D eigenvalue weighted by molar-refractivity contribution is 0.0515. The molecule has 0 spiro atoms. The number of rotatable bonds is 8. The molecule has 1 aromatic carbocycles. The van der Waals surface area contributed by atoms with E-state index in [-0.39, 0.29) is 12.3 Å². The number of aromatic nitrogens is 4. The van der Waals surface area contributed by atoms with E-state index in [0.717, 1.165) is 47.8 Å². The first-order valence-electron chi connectivity index (χ1n) is 11.4. The molecule has 0 unspecified atom stereocenters. The molecular formula is C25H32N6O3. The topological polar surface area (TPSA) is 94.5 Å². The molecule has 1 saturated heterocycles. The van der Waals surface area contributed by atoms with Gasteiger partial charge in [-0.15, -0.1) is 10.2 Å². The van der Waals surface area contributed by atoms with Crippen LogP contribution in [-0.4, -0.2) is 65.8 Å². The summed E-state index contributed by atoms with van der Waals surface area (Å²) < 4.78 is 16.2. The standard InChI is InChI=1S/C25H32N6O3/c1-25(2,3)28-18-10-11-31(14-18)23-9-8-20(29-30-23)19-7-6-17(12-22(19)34-16-32-4)21-13-24(33-5)27-15-26-21/h6-9,12-13,15,18,28H,10-11,14,16H2,1-5H3/t18-/m1/s1. The van der Waals surface area contributed by atoms with Crippen LogP contribution in [0.25, 0.3) is 22.5 Å². The van der Waals surface area contributed by atoms with Gasteiger partial charge in [0.2, 0.25) is 5.88 Å². The molecule has 2 aromatic heterocycles. The van der Waals surface area contributed by atoms with Crippen LogP contribution in [0.15, 0.2) is 42.7 Å². The Bertz CT molecular complexity index is 1100. The lowest BCUT2D eigenvalue weighted by atomic mass is 10.0. The van der Waals surface area contributed by atoms with Gasteiger partial charge in [0.05, 0.1) is 18.5 Å². The summed E-state index contributed by atoms with van der Waals surface area (Å²) in [6.07, 6.45) is 2.56. The van der Waals surface area contributed by atoms with Crippen molar-refractivity contribution in [1.82, 2.24) is 25.5 Å². The van der Waals surface area contributed by atoms with Gasteiger partial charge in [-0.3, -0.25) is 0 Å². The molecule has 0 amide bonds. The minimum absolute atomic E-state index is 0.0951. The van der Waals surface area contributed by atoms with Crippen LogP contribution in [0, 0.1) is 0 Å². The Morgan fingerprint density at radius 3 is 2.59 bits per heavy atom. The zero-order valence-corrected chi connectivity index (χ0v) is 20.4. The molecule has 1 fully saturated rings. The number of ether oxygens (including phenoxy) is 3. The first-order chi connectivity index (χ1) is 16.4. The Labute approximate surface area is 200 Å². The number of nitrogens with zero attached hydrogens (tertiary/aromatic N) is 5. The van der Waals surface area contributed by atoms with E-state index in [4.69, 9.17) is 14.2 Å². The minimum atomic E-state index is 0.0951. The maximum atomic E-state index is 5.87. The second-order valence-corrected chi connectivity index (χ2v) is 9.31. The molecule has 1 N–H and O–H groups in total. The van der Waals surface area contributed by atoms with Crippen LogP contribution in [0.3, 0.4) is 0 Å².